The van der Waals surface area contributed by atoms with Crippen LogP contribution in [0.5, 0.6) is 0 Å². The first-order valence-corrected chi connectivity index (χ1v) is 8.58. The van der Waals surface area contributed by atoms with Crippen molar-refractivity contribution in [1.82, 2.24) is 5.32 Å². The molecule has 0 aromatic heterocycles. The highest BCUT2D eigenvalue weighted by molar-refractivity contribution is 9.10. The summed E-state index contributed by atoms with van der Waals surface area (Å²) in [6, 6.07) is 5.81. The molecule has 1 aromatic rings. The second-order valence-electron chi connectivity index (χ2n) is 5.95. The van der Waals surface area contributed by atoms with Gasteiger partial charge in [-0.25, -0.2) is 4.39 Å². The zero-order valence-electron chi connectivity index (χ0n) is 12.5. The molecule has 1 nitrogen and oxygen atoms in total. The van der Waals surface area contributed by atoms with E-state index in [1.54, 1.807) is 0 Å². The van der Waals surface area contributed by atoms with Gasteiger partial charge in [0.25, 0.3) is 0 Å². The van der Waals surface area contributed by atoms with Gasteiger partial charge in [-0.15, -0.1) is 0 Å². The minimum absolute atomic E-state index is 0.158. The van der Waals surface area contributed by atoms with E-state index in [-0.39, 0.29) is 5.82 Å². The monoisotopic (exact) mass is 341 g/mol. The Labute approximate surface area is 130 Å². The van der Waals surface area contributed by atoms with Crippen molar-refractivity contribution >= 4 is 15.9 Å². The van der Waals surface area contributed by atoms with E-state index in [0.717, 1.165) is 18.5 Å². The zero-order chi connectivity index (χ0) is 14.6. The quantitative estimate of drug-likeness (QED) is 0.760. The SMILES string of the molecule is CCNC(Cc1cccc(F)c1Br)C1(CC)CCCC1. The first-order valence-electron chi connectivity index (χ1n) is 7.79. The van der Waals surface area contributed by atoms with Crippen LogP contribution in [0, 0.1) is 11.2 Å². The number of likely N-dealkylation sites (N-methyl/N-ethyl adjacent to an activating group) is 1. The van der Waals surface area contributed by atoms with Gasteiger partial charge >= 0.3 is 0 Å². The molecule has 3 heteroatoms. The Kier molecular flexibility index (Phi) is 5.62. The summed E-state index contributed by atoms with van der Waals surface area (Å²) >= 11 is 3.41. The van der Waals surface area contributed by atoms with Crippen LogP contribution < -0.4 is 5.32 Å². The molecule has 0 bridgehead atoms. The van der Waals surface area contributed by atoms with Gasteiger partial charge in [0.1, 0.15) is 5.82 Å². The molecule has 0 amide bonds. The molecule has 0 radical (unpaired) electrons. The molecule has 1 atom stereocenters. The molecule has 1 aliphatic rings. The molecule has 0 aliphatic heterocycles. The zero-order valence-corrected chi connectivity index (χ0v) is 14.1. The molecule has 1 unspecified atom stereocenters. The van der Waals surface area contributed by atoms with Crippen molar-refractivity contribution in [3.05, 3.63) is 34.1 Å². The van der Waals surface area contributed by atoms with Gasteiger partial charge in [0.2, 0.25) is 0 Å². The predicted molar refractivity (Wildman–Crippen MR) is 86.5 cm³/mol. The summed E-state index contributed by atoms with van der Waals surface area (Å²) in [4.78, 5) is 0. The van der Waals surface area contributed by atoms with Crippen LogP contribution in [0.1, 0.15) is 51.5 Å². The van der Waals surface area contributed by atoms with Crippen molar-refractivity contribution in [3.63, 3.8) is 0 Å². The average molecular weight is 342 g/mol. The highest BCUT2D eigenvalue weighted by atomic mass is 79.9. The van der Waals surface area contributed by atoms with E-state index in [0.29, 0.717) is 15.9 Å². The number of hydrogen-bond donors (Lipinski definition) is 1. The van der Waals surface area contributed by atoms with Crippen LogP contribution in [-0.4, -0.2) is 12.6 Å². The lowest BCUT2D eigenvalue weighted by Gasteiger charge is -2.38. The van der Waals surface area contributed by atoms with E-state index in [4.69, 9.17) is 0 Å². The molecule has 1 fully saturated rings. The molecule has 1 aromatic carbocycles. The summed E-state index contributed by atoms with van der Waals surface area (Å²) in [6.45, 7) is 5.43. The Balaban J connectivity index is 2.23. The van der Waals surface area contributed by atoms with Crippen molar-refractivity contribution in [2.45, 2.75) is 58.4 Å². The summed E-state index contributed by atoms with van der Waals surface area (Å²) in [5.41, 5.74) is 1.47. The van der Waals surface area contributed by atoms with Gasteiger partial charge in [0.15, 0.2) is 0 Å². The van der Waals surface area contributed by atoms with Crippen LogP contribution in [0.2, 0.25) is 0 Å². The van der Waals surface area contributed by atoms with Gasteiger partial charge in [0.05, 0.1) is 4.47 Å². The third-order valence-corrected chi connectivity index (χ3v) is 5.84. The van der Waals surface area contributed by atoms with Crippen LogP contribution >= 0.6 is 15.9 Å². The van der Waals surface area contributed by atoms with Crippen LogP contribution in [0.25, 0.3) is 0 Å². The molecule has 2 rings (SSSR count). The van der Waals surface area contributed by atoms with Crippen LogP contribution in [0.4, 0.5) is 4.39 Å². The maximum absolute atomic E-state index is 13.7. The average Bonchev–Trinajstić information content (AvgIpc) is 2.93. The normalized spacial score (nSPS) is 19.2. The standard InChI is InChI=1S/C17H25BrFN/c1-3-17(10-5-6-11-17)15(20-4-2)12-13-8-7-9-14(19)16(13)18/h7-9,15,20H,3-6,10-12H2,1-2H3. The van der Waals surface area contributed by atoms with Crippen molar-refractivity contribution in [1.29, 1.82) is 0 Å². The molecule has 112 valence electrons. The van der Waals surface area contributed by atoms with Crippen molar-refractivity contribution in [3.8, 4) is 0 Å². The first kappa shape index (κ1) is 16.0. The predicted octanol–water partition coefficient (Wildman–Crippen LogP) is 5.08. The van der Waals surface area contributed by atoms with E-state index < -0.39 is 0 Å². The third kappa shape index (κ3) is 3.25. The fourth-order valence-electron chi connectivity index (χ4n) is 3.71. The molecular formula is C17H25BrFN. The molecule has 1 saturated carbocycles. The van der Waals surface area contributed by atoms with E-state index in [1.165, 1.54) is 38.2 Å². The molecule has 20 heavy (non-hydrogen) atoms. The number of halogens is 2. The summed E-state index contributed by atoms with van der Waals surface area (Å²) < 4.78 is 14.3. The molecule has 0 saturated heterocycles. The van der Waals surface area contributed by atoms with Gasteiger partial charge in [-0.05, 0) is 65.2 Å². The Morgan fingerprint density at radius 3 is 2.60 bits per heavy atom. The molecule has 0 spiro atoms. The Bertz CT molecular complexity index is 441. The fraction of sp³-hybridized carbons (Fsp3) is 0.647. The van der Waals surface area contributed by atoms with Crippen molar-refractivity contribution in [2.75, 3.05) is 6.54 Å². The summed E-state index contributed by atoms with van der Waals surface area (Å²) in [5, 5.41) is 3.67. The minimum Gasteiger partial charge on any atom is -0.313 e. The second kappa shape index (κ2) is 7.04. The van der Waals surface area contributed by atoms with Crippen LogP contribution in [0.15, 0.2) is 22.7 Å². The third-order valence-electron chi connectivity index (χ3n) is 4.95. The van der Waals surface area contributed by atoms with Crippen molar-refractivity contribution in [2.24, 2.45) is 5.41 Å². The molecular weight excluding hydrogens is 317 g/mol. The topological polar surface area (TPSA) is 12.0 Å². The Morgan fingerprint density at radius 2 is 2.00 bits per heavy atom. The number of hydrogen-bond acceptors (Lipinski definition) is 1. The molecule has 0 heterocycles. The minimum atomic E-state index is -0.158. The van der Waals surface area contributed by atoms with Crippen LogP contribution in [0.3, 0.4) is 0 Å². The van der Waals surface area contributed by atoms with Gasteiger partial charge in [-0.2, -0.15) is 0 Å². The first-order chi connectivity index (χ1) is 9.63. The largest absolute Gasteiger partial charge is 0.313 e. The highest BCUT2D eigenvalue weighted by Crippen LogP contribution is 2.45. The van der Waals surface area contributed by atoms with Crippen molar-refractivity contribution < 1.29 is 4.39 Å². The molecule has 1 aliphatic carbocycles. The van der Waals surface area contributed by atoms with E-state index >= 15 is 0 Å². The second-order valence-corrected chi connectivity index (χ2v) is 6.74. The van der Waals surface area contributed by atoms with Gasteiger partial charge in [-0.3, -0.25) is 0 Å². The fourth-order valence-corrected chi connectivity index (χ4v) is 4.13. The van der Waals surface area contributed by atoms with E-state index in [2.05, 4.69) is 35.1 Å². The van der Waals surface area contributed by atoms with Gasteiger partial charge in [-0.1, -0.05) is 38.8 Å². The number of nitrogens with one attached hydrogen (secondary N) is 1. The molecule has 1 N–H and O–H groups in total. The highest BCUT2D eigenvalue weighted by Gasteiger charge is 2.39. The number of benzene rings is 1. The van der Waals surface area contributed by atoms with Gasteiger partial charge in [0, 0.05) is 6.04 Å². The lowest BCUT2D eigenvalue weighted by Crippen LogP contribution is -2.45. The smallest absolute Gasteiger partial charge is 0.137 e. The Hall–Kier alpha value is -0.410. The maximum atomic E-state index is 13.7. The van der Waals surface area contributed by atoms with E-state index in [1.807, 2.05) is 12.1 Å². The van der Waals surface area contributed by atoms with Gasteiger partial charge < -0.3 is 5.32 Å². The van der Waals surface area contributed by atoms with E-state index in [9.17, 15) is 4.39 Å². The Morgan fingerprint density at radius 1 is 1.30 bits per heavy atom. The lowest BCUT2D eigenvalue weighted by molar-refractivity contribution is 0.186. The summed E-state index contributed by atoms with van der Waals surface area (Å²) in [7, 11) is 0. The van der Waals surface area contributed by atoms with Crippen LogP contribution in [-0.2, 0) is 6.42 Å². The maximum Gasteiger partial charge on any atom is 0.137 e. The summed E-state index contributed by atoms with van der Waals surface area (Å²) in [6.07, 6.45) is 7.37. The lowest BCUT2D eigenvalue weighted by atomic mass is 9.74. The number of rotatable bonds is 6. The summed E-state index contributed by atoms with van der Waals surface area (Å²) in [5.74, 6) is -0.158.